The molecule has 1 N–H and O–H groups in total. The van der Waals surface area contributed by atoms with Gasteiger partial charge in [0, 0.05) is 12.7 Å². The van der Waals surface area contributed by atoms with Crippen LogP contribution in [0.1, 0.15) is 17.0 Å². The summed E-state index contributed by atoms with van der Waals surface area (Å²) < 4.78 is 6.50. The van der Waals surface area contributed by atoms with Crippen LogP contribution in [0.2, 0.25) is 0 Å². The van der Waals surface area contributed by atoms with Gasteiger partial charge < -0.3 is 10.1 Å². The molecule has 2 rings (SSSR count). The van der Waals surface area contributed by atoms with Crippen LogP contribution in [0.5, 0.6) is 0 Å². The second-order valence-corrected chi connectivity index (χ2v) is 4.74. The number of aromatic nitrogens is 2. The van der Waals surface area contributed by atoms with Crippen molar-refractivity contribution in [2.45, 2.75) is 20.3 Å². The Bertz CT molecular complexity index is 615. The second-order valence-electron chi connectivity index (χ2n) is 4.74. The van der Waals surface area contributed by atoms with Crippen LogP contribution < -0.4 is 5.32 Å². The molecule has 2 aromatic rings. The van der Waals surface area contributed by atoms with Gasteiger partial charge in [0.2, 0.25) is 0 Å². The molecule has 1 aromatic heterocycles. The van der Waals surface area contributed by atoms with E-state index in [1.54, 1.807) is 0 Å². The lowest BCUT2D eigenvalue weighted by molar-refractivity contribution is -0.139. The Morgan fingerprint density at radius 1 is 1.30 bits per heavy atom. The first-order valence-corrected chi connectivity index (χ1v) is 6.44. The number of hydrogen-bond donors (Lipinski definition) is 1. The van der Waals surface area contributed by atoms with Gasteiger partial charge in [-0.25, -0.2) is 0 Å². The maximum absolute atomic E-state index is 11.2. The summed E-state index contributed by atoms with van der Waals surface area (Å²) in [6.07, 6.45) is 0.293. The molecule has 0 aliphatic heterocycles. The van der Waals surface area contributed by atoms with Gasteiger partial charge in [-0.1, -0.05) is 12.1 Å². The molecule has 0 saturated carbocycles. The van der Waals surface area contributed by atoms with Crippen molar-refractivity contribution in [3.05, 3.63) is 41.2 Å². The number of esters is 1. The first-order chi connectivity index (χ1) is 9.51. The van der Waals surface area contributed by atoms with Gasteiger partial charge in [-0.05, 0) is 31.5 Å². The Balaban J connectivity index is 2.13. The molecule has 0 atom stereocenters. The minimum absolute atomic E-state index is 0.232. The maximum Gasteiger partial charge on any atom is 0.309 e. The summed E-state index contributed by atoms with van der Waals surface area (Å²) >= 11 is 0. The Hall–Kier alpha value is -2.30. The quantitative estimate of drug-likeness (QED) is 0.870. The van der Waals surface area contributed by atoms with Crippen LogP contribution >= 0.6 is 0 Å². The summed E-state index contributed by atoms with van der Waals surface area (Å²) in [4.78, 5) is 11.2. The fourth-order valence-corrected chi connectivity index (χ4v) is 2.04. The molecule has 0 spiro atoms. The summed E-state index contributed by atoms with van der Waals surface area (Å²) in [6, 6.07) is 7.73. The molecule has 1 aromatic carbocycles. The Labute approximate surface area is 118 Å². The van der Waals surface area contributed by atoms with Crippen molar-refractivity contribution in [1.29, 1.82) is 0 Å². The number of nitrogens with one attached hydrogen (secondary N) is 1. The van der Waals surface area contributed by atoms with Gasteiger partial charge in [-0.3, -0.25) is 9.48 Å². The molecule has 0 fully saturated rings. The average molecular weight is 273 g/mol. The summed E-state index contributed by atoms with van der Waals surface area (Å²) in [6.45, 7) is 3.99. The number of carbonyl (C=O) groups excluding carboxylic acids is 1. The number of aryl methyl sites for hydroxylation is 2. The third kappa shape index (κ3) is 2.99. The molecule has 0 unspecified atom stereocenters. The summed E-state index contributed by atoms with van der Waals surface area (Å²) in [7, 11) is 3.32. The predicted molar refractivity (Wildman–Crippen MR) is 78.1 cm³/mol. The molecule has 0 saturated heterocycles. The first kappa shape index (κ1) is 14.1. The highest BCUT2D eigenvalue weighted by molar-refractivity contribution is 5.73. The van der Waals surface area contributed by atoms with E-state index in [-0.39, 0.29) is 5.97 Å². The molecule has 5 heteroatoms. The van der Waals surface area contributed by atoms with E-state index in [4.69, 9.17) is 0 Å². The molecule has 106 valence electrons. The summed E-state index contributed by atoms with van der Waals surface area (Å²) in [5.41, 5.74) is 4.97. The molecule has 0 radical (unpaired) electrons. The zero-order valence-corrected chi connectivity index (χ0v) is 12.2. The fourth-order valence-electron chi connectivity index (χ4n) is 2.04. The van der Waals surface area contributed by atoms with Crippen molar-refractivity contribution in [3.63, 3.8) is 0 Å². The Morgan fingerprint density at radius 2 is 1.95 bits per heavy atom. The summed E-state index contributed by atoms with van der Waals surface area (Å²) in [5.74, 6) is -0.232. The lowest BCUT2D eigenvalue weighted by atomic mass is 10.1. The minimum Gasteiger partial charge on any atom is -0.469 e. The van der Waals surface area contributed by atoms with Gasteiger partial charge in [0.25, 0.3) is 0 Å². The van der Waals surface area contributed by atoms with E-state index in [0.29, 0.717) is 6.42 Å². The highest BCUT2D eigenvalue weighted by Crippen LogP contribution is 2.23. The van der Waals surface area contributed by atoms with Crippen LogP contribution in [0, 0.1) is 13.8 Å². The predicted octanol–water partition coefficient (Wildman–Crippen LogP) is 2.50. The SMILES string of the molecule is COC(=O)Cc1ccc(Nc2c(C)nn(C)c2C)cc1. The molecule has 1 heterocycles. The number of ether oxygens (including phenoxy) is 1. The van der Waals surface area contributed by atoms with Crippen molar-refractivity contribution in [1.82, 2.24) is 9.78 Å². The lowest BCUT2D eigenvalue weighted by Crippen LogP contribution is -2.04. The molecule has 0 aliphatic rings. The molecular weight excluding hydrogens is 254 g/mol. The lowest BCUT2D eigenvalue weighted by Gasteiger charge is -2.08. The van der Waals surface area contributed by atoms with E-state index >= 15 is 0 Å². The number of rotatable bonds is 4. The number of benzene rings is 1. The van der Waals surface area contributed by atoms with Crippen LogP contribution in [0.25, 0.3) is 0 Å². The fraction of sp³-hybridized carbons (Fsp3) is 0.333. The normalized spacial score (nSPS) is 10.4. The molecule has 0 bridgehead atoms. The zero-order valence-electron chi connectivity index (χ0n) is 12.2. The van der Waals surface area contributed by atoms with Crippen LogP contribution in [0.3, 0.4) is 0 Å². The Kier molecular flexibility index (Phi) is 4.08. The molecule has 20 heavy (non-hydrogen) atoms. The van der Waals surface area contributed by atoms with Crippen LogP contribution in [-0.4, -0.2) is 22.9 Å². The maximum atomic E-state index is 11.2. The second kappa shape index (κ2) is 5.77. The van der Waals surface area contributed by atoms with Crippen molar-refractivity contribution in [2.24, 2.45) is 7.05 Å². The van der Waals surface area contributed by atoms with E-state index in [0.717, 1.165) is 28.3 Å². The molecule has 0 aliphatic carbocycles. The number of hydrogen-bond acceptors (Lipinski definition) is 4. The number of nitrogens with zero attached hydrogens (tertiary/aromatic N) is 2. The highest BCUT2D eigenvalue weighted by Gasteiger charge is 2.09. The van der Waals surface area contributed by atoms with Crippen molar-refractivity contribution in [3.8, 4) is 0 Å². The van der Waals surface area contributed by atoms with Crippen LogP contribution in [0.15, 0.2) is 24.3 Å². The van der Waals surface area contributed by atoms with E-state index in [1.807, 2.05) is 49.8 Å². The van der Waals surface area contributed by atoms with Gasteiger partial charge in [-0.2, -0.15) is 5.10 Å². The molecule has 0 amide bonds. The van der Waals surface area contributed by atoms with E-state index in [1.165, 1.54) is 7.11 Å². The molecular formula is C15H19N3O2. The minimum atomic E-state index is -0.232. The van der Waals surface area contributed by atoms with E-state index in [2.05, 4.69) is 15.2 Å². The largest absolute Gasteiger partial charge is 0.469 e. The monoisotopic (exact) mass is 273 g/mol. The van der Waals surface area contributed by atoms with E-state index in [9.17, 15) is 4.79 Å². The topological polar surface area (TPSA) is 56.1 Å². The first-order valence-electron chi connectivity index (χ1n) is 6.44. The van der Waals surface area contributed by atoms with Crippen molar-refractivity contribution in [2.75, 3.05) is 12.4 Å². The highest BCUT2D eigenvalue weighted by atomic mass is 16.5. The van der Waals surface area contributed by atoms with Gasteiger partial charge in [0.05, 0.1) is 30.6 Å². The third-order valence-electron chi connectivity index (χ3n) is 3.31. The Morgan fingerprint density at radius 3 is 2.45 bits per heavy atom. The smallest absolute Gasteiger partial charge is 0.309 e. The van der Waals surface area contributed by atoms with Gasteiger partial charge in [0.15, 0.2) is 0 Å². The summed E-state index contributed by atoms with van der Waals surface area (Å²) in [5, 5.41) is 7.72. The number of anilines is 2. The van der Waals surface area contributed by atoms with Gasteiger partial charge in [0.1, 0.15) is 0 Å². The van der Waals surface area contributed by atoms with E-state index < -0.39 is 0 Å². The van der Waals surface area contributed by atoms with Crippen molar-refractivity contribution < 1.29 is 9.53 Å². The third-order valence-corrected chi connectivity index (χ3v) is 3.31. The standard InChI is InChI=1S/C15H19N3O2/c1-10-15(11(2)18(3)17-10)16-13-7-5-12(6-8-13)9-14(19)20-4/h5-8,16H,9H2,1-4H3. The van der Waals surface area contributed by atoms with Crippen LogP contribution in [-0.2, 0) is 23.0 Å². The van der Waals surface area contributed by atoms with Gasteiger partial charge >= 0.3 is 5.97 Å². The number of carbonyl (C=O) groups is 1. The van der Waals surface area contributed by atoms with Gasteiger partial charge in [-0.15, -0.1) is 0 Å². The van der Waals surface area contributed by atoms with Crippen LogP contribution in [0.4, 0.5) is 11.4 Å². The number of methoxy groups -OCH3 is 1. The molecule has 5 nitrogen and oxygen atoms in total. The van der Waals surface area contributed by atoms with Crippen molar-refractivity contribution >= 4 is 17.3 Å². The average Bonchev–Trinajstić information content (AvgIpc) is 2.67. The zero-order chi connectivity index (χ0) is 14.7.